The topological polar surface area (TPSA) is 125 Å². The van der Waals surface area contributed by atoms with Crippen LogP contribution < -0.4 is 10.6 Å². The van der Waals surface area contributed by atoms with Gasteiger partial charge in [0.25, 0.3) is 5.91 Å². The molecule has 3 aromatic rings. The summed E-state index contributed by atoms with van der Waals surface area (Å²) >= 11 is 6.00. The first-order valence-electron chi connectivity index (χ1n) is 11.2. The molecule has 1 aliphatic heterocycles. The van der Waals surface area contributed by atoms with Gasteiger partial charge in [-0.05, 0) is 81.4 Å². The van der Waals surface area contributed by atoms with Gasteiger partial charge in [-0.15, -0.1) is 0 Å². The summed E-state index contributed by atoms with van der Waals surface area (Å²) < 4.78 is 25.2. The fourth-order valence-electron chi connectivity index (χ4n) is 3.82. The maximum Gasteiger partial charge on any atom is 0.257 e. The molecule has 1 fully saturated rings. The van der Waals surface area contributed by atoms with E-state index in [2.05, 4.69) is 25.5 Å². The first kappa shape index (κ1) is 24.9. The second-order valence-electron chi connectivity index (χ2n) is 8.28. The predicted octanol–water partition coefficient (Wildman–Crippen LogP) is 4.09. The molecule has 9 nitrogen and oxygen atoms in total. The molecule has 0 bridgehead atoms. The first-order valence-corrected chi connectivity index (χ1v) is 13.3. The molecule has 4 rings (SSSR count). The lowest BCUT2D eigenvalue weighted by molar-refractivity contribution is 0.102. The highest BCUT2D eigenvalue weighted by atomic mass is 35.5. The van der Waals surface area contributed by atoms with Crippen LogP contribution in [0.5, 0.6) is 5.75 Å². The number of sulfone groups is 1. The number of phenolic OH excluding ortho intramolecular Hbond substituents is 1. The molecule has 1 saturated heterocycles. The van der Waals surface area contributed by atoms with Crippen LogP contribution in [0, 0.1) is 0 Å². The molecule has 2 heterocycles. The zero-order valence-corrected chi connectivity index (χ0v) is 20.5. The third-order valence-corrected chi connectivity index (χ3v) is 7.79. The number of phenols is 1. The Kier molecular flexibility index (Phi) is 7.84. The number of amides is 1. The van der Waals surface area contributed by atoms with Gasteiger partial charge in [0.1, 0.15) is 5.75 Å². The quantitative estimate of drug-likeness (QED) is 0.389. The summed E-state index contributed by atoms with van der Waals surface area (Å²) in [5, 5.41) is 15.2. The average Bonchev–Trinajstić information content (AvgIpc) is 3.34. The van der Waals surface area contributed by atoms with Crippen LogP contribution in [0.15, 0.2) is 59.8 Å². The van der Waals surface area contributed by atoms with E-state index in [1.165, 1.54) is 43.4 Å². The van der Waals surface area contributed by atoms with Crippen molar-refractivity contribution in [3.63, 3.8) is 0 Å². The molecule has 1 aliphatic rings. The first-order chi connectivity index (χ1) is 16.8. The van der Waals surface area contributed by atoms with Gasteiger partial charge in [-0.25, -0.2) is 18.4 Å². The molecule has 2 aromatic carbocycles. The van der Waals surface area contributed by atoms with Gasteiger partial charge in [-0.3, -0.25) is 4.79 Å². The lowest BCUT2D eigenvalue weighted by Crippen LogP contribution is -2.22. The molecule has 11 heteroatoms. The van der Waals surface area contributed by atoms with Gasteiger partial charge >= 0.3 is 0 Å². The van der Waals surface area contributed by atoms with Crippen molar-refractivity contribution in [3.05, 3.63) is 65.4 Å². The fourth-order valence-corrected chi connectivity index (χ4v) is 5.38. The number of anilines is 3. The van der Waals surface area contributed by atoms with Crippen LogP contribution in [0.1, 0.15) is 29.6 Å². The zero-order chi connectivity index (χ0) is 24.8. The molecule has 0 spiro atoms. The number of aromatic hydroxyl groups is 1. The minimum atomic E-state index is -3.34. The van der Waals surface area contributed by atoms with E-state index >= 15 is 0 Å². The summed E-state index contributed by atoms with van der Waals surface area (Å²) in [6.45, 7) is 2.93. The van der Waals surface area contributed by atoms with Crippen molar-refractivity contribution in [1.29, 1.82) is 0 Å². The summed E-state index contributed by atoms with van der Waals surface area (Å²) in [6.07, 6.45) is 5.87. The third kappa shape index (κ3) is 6.68. The van der Waals surface area contributed by atoms with E-state index in [4.69, 9.17) is 11.6 Å². The van der Waals surface area contributed by atoms with Crippen molar-refractivity contribution in [3.8, 4) is 5.75 Å². The summed E-state index contributed by atoms with van der Waals surface area (Å²) in [7, 11) is -3.34. The number of hydrogen-bond donors (Lipinski definition) is 3. The molecule has 0 radical (unpaired) electrons. The highest BCUT2D eigenvalue weighted by molar-refractivity contribution is 7.91. The number of hydrogen-bond acceptors (Lipinski definition) is 8. The van der Waals surface area contributed by atoms with E-state index in [0.29, 0.717) is 17.8 Å². The highest BCUT2D eigenvalue weighted by Crippen LogP contribution is 2.23. The fraction of sp³-hybridized carbons (Fsp3) is 0.292. The van der Waals surface area contributed by atoms with Crippen LogP contribution >= 0.6 is 11.6 Å². The lowest BCUT2D eigenvalue weighted by Gasteiger charge is -2.14. The van der Waals surface area contributed by atoms with Crippen molar-refractivity contribution in [2.75, 3.05) is 36.0 Å². The third-order valence-electron chi connectivity index (χ3n) is 5.66. The molecule has 0 atom stereocenters. The number of carbonyl (C=O) groups excluding carboxylic acids is 1. The molecule has 35 heavy (non-hydrogen) atoms. The number of aromatic nitrogens is 2. The summed E-state index contributed by atoms with van der Waals surface area (Å²) in [6, 6.07) is 10.5. The maximum absolute atomic E-state index is 12.6. The Balaban J connectivity index is 1.31. The molecule has 3 N–H and O–H groups in total. The molecule has 1 amide bonds. The van der Waals surface area contributed by atoms with Gasteiger partial charge in [0, 0.05) is 5.69 Å². The SMILES string of the molecule is O=C(Nc1cnc(Nc2ccc(S(=O)(=O)CCCN3CCCC3)cc2)nc1)c1ccc(O)cc1Cl. The Labute approximate surface area is 209 Å². The van der Waals surface area contributed by atoms with Gasteiger partial charge in [-0.2, -0.15) is 0 Å². The monoisotopic (exact) mass is 515 g/mol. The standard InChI is InChI=1S/C24H26ClN5O4S/c25-22-14-19(31)6-9-21(22)23(32)28-18-15-26-24(27-16-18)29-17-4-7-20(8-5-17)35(33,34)13-3-12-30-10-1-2-11-30/h4-9,14-16,31H,1-3,10-13H2,(H,28,32)(H,26,27,29). The smallest absolute Gasteiger partial charge is 0.257 e. The van der Waals surface area contributed by atoms with Crippen LogP contribution in [-0.4, -0.2) is 59.7 Å². The Morgan fingerprint density at radius 1 is 1.03 bits per heavy atom. The molecular weight excluding hydrogens is 490 g/mol. The number of benzene rings is 2. The van der Waals surface area contributed by atoms with Crippen LogP contribution in [0.25, 0.3) is 0 Å². The van der Waals surface area contributed by atoms with Gasteiger partial charge < -0.3 is 20.6 Å². The number of rotatable bonds is 9. The molecule has 0 unspecified atom stereocenters. The van der Waals surface area contributed by atoms with Crippen molar-refractivity contribution < 1.29 is 18.3 Å². The predicted molar refractivity (Wildman–Crippen MR) is 135 cm³/mol. The number of likely N-dealkylation sites (tertiary alicyclic amines) is 1. The van der Waals surface area contributed by atoms with E-state index in [1.807, 2.05) is 0 Å². The highest BCUT2D eigenvalue weighted by Gasteiger charge is 2.17. The molecule has 0 aliphatic carbocycles. The maximum atomic E-state index is 12.6. The second kappa shape index (κ2) is 11.0. The van der Waals surface area contributed by atoms with Gasteiger partial charge in [-0.1, -0.05) is 11.6 Å². The summed E-state index contributed by atoms with van der Waals surface area (Å²) in [5.41, 5.74) is 1.20. The number of nitrogens with one attached hydrogen (secondary N) is 2. The molecular formula is C24H26ClN5O4S. The minimum absolute atomic E-state index is 0.0338. The van der Waals surface area contributed by atoms with Gasteiger partial charge in [0.05, 0.1) is 39.3 Å². The lowest BCUT2D eigenvalue weighted by atomic mass is 10.2. The van der Waals surface area contributed by atoms with Crippen molar-refractivity contribution in [1.82, 2.24) is 14.9 Å². The van der Waals surface area contributed by atoms with Crippen molar-refractivity contribution in [2.45, 2.75) is 24.2 Å². The number of halogens is 1. The van der Waals surface area contributed by atoms with Crippen molar-refractivity contribution in [2.24, 2.45) is 0 Å². The molecule has 0 saturated carbocycles. The van der Waals surface area contributed by atoms with Crippen LogP contribution in [0.2, 0.25) is 5.02 Å². The van der Waals surface area contributed by atoms with Crippen LogP contribution in [-0.2, 0) is 9.84 Å². The van der Waals surface area contributed by atoms with E-state index in [9.17, 15) is 18.3 Å². The number of nitrogens with zero attached hydrogens (tertiary/aromatic N) is 3. The van der Waals surface area contributed by atoms with Crippen LogP contribution in [0.3, 0.4) is 0 Å². The second-order valence-corrected chi connectivity index (χ2v) is 10.8. The van der Waals surface area contributed by atoms with Crippen LogP contribution in [0.4, 0.5) is 17.3 Å². The summed E-state index contributed by atoms with van der Waals surface area (Å²) in [4.78, 5) is 23.3. The Bertz CT molecular complexity index is 1280. The van der Waals surface area contributed by atoms with E-state index in [-0.39, 0.29) is 32.9 Å². The Hall–Kier alpha value is -3.21. The summed E-state index contributed by atoms with van der Waals surface area (Å²) in [5.74, 6) is -0.0843. The number of carbonyl (C=O) groups is 1. The van der Waals surface area contributed by atoms with E-state index < -0.39 is 15.7 Å². The van der Waals surface area contributed by atoms with Gasteiger partial charge in [0.2, 0.25) is 5.95 Å². The largest absolute Gasteiger partial charge is 0.508 e. The average molecular weight is 516 g/mol. The van der Waals surface area contributed by atoms with E-state index in [1.54, 1.807) is 24.3 Å². The van der Waals surface area contributed by atoms with Crippen molar-refractivity contribution >= 4 is 44.7 Å². The zero-order valence-electron chi connectivity index (χ0n) is 18.9. The minimum Gasteiger partial charge on any atom is -0.508 e. The molecule has 184 valence electrons. The normalized spacial score (nSPS) is 14.1. The Morgan fingerprint density at radius 3 is 2.37 bits per heavy atom. The van der Waals surface area contributed by atoms with E-state index in [0.717, 1.165) is 19.6 Å². The molecule has 1 aromatic heterocycles. The van der Waals surface area contributed by atoms with Gasteiger partial charge in [0.15, 0.2) is 9.84 Å². The Morgan fingerprint density at radius 2 is 1.71 bits per heavy atom.